The zero-order chi connectivity index (χ0) is 7.07. The third-order valence-electron chi connectivity index (χ3n) is 1.17. The molecule has 0 N–H and O–H groups in total. The summed E-state index contributed by atoms with van der Waals surface area (Å²) in [5.74, 6) is 0. The van der Waals surface area contributed by atoms with E-state index < -0.39 is 0 Å². The van der Waals surface area contributed by atoms with Crippen molar-refractivity contribution in [1.29, 1.82) is 0 Å². The van der Waals surface area contributed by atoms with Crippen molar-refractivity contribution >= 4 is 0 Å². The molecule has 0 fully saturated rings. The first-order valence-corrected chi connectivity index (χ1v) is 3.43. The van der Waals surface area contributed by atoms with Crippen LogP contribution in [-0.4, -0.2) is 0 Å². The van der Waals surface area contributed by atoms with Crippen LogP contribution in [0.5, 0.6) is 0 Å². The van der Waals surface area contributed by atoms with Crippen molar-refractivity contribution in [2.24, 2.45) is 0 Å². The van der Waals surface area contributed by atoms with Crippen LogP contribution in [-0.2, 0) is 0 Å². The van der Waals surface area contributed by atoms with Crippen LogP contribution >= 0.6 is 0 Å². The van der Waals surface area contributed by atoms with Gasteiger partial charge in [0.15, 0.2) is 0 Å². The van der Waals surface area contributed by atoms with E-state index in [1.165, 1.54) is 0 Å². The molecule has 0 bridgehead atoms. The fourth-order valence-electron chi connectivity index (χ4n) is 0.680. The Labute approximate surface area is 100 Å². The Balaban J connectivity index is 0.000000167. The first-order valence-electron chi connectivity index (χ1n) is 3.43. The van der Waals surface area contributed by atoms with Gasteiger partial charge in [-0.2, -0.15) is 12.2 Å². The molecule has 2 rings (SSSR count). The van der Waals surface area contributed by atoms with Crippen LogP contribution in [0.2, 0.25) is 0 Å². The van der Waals surface area contributed by atoms with Crippen molar-refractivity contribution in [1.82, 2.24) is 0 Å². The van der Waals surface area contributed by atoms with E-state index in [9.17, 15) is 0 Å². The molecule has 0 nitrogen and oxygen atoms in total. The number of hydrogen-bond donors (Lipinski definition) is 0. The molecular formula is C10H10Th. The maximum atomic E-state index is 2.99. The van der Waals surface area contributed by atoms with Crippen LogP contribution in [0, 0.1) is 52.1 Å². The summed E-state index contributed by atoms with van der Waals surface area (Å²) in [5, 5.41) is 0. The molecular weight excluding hydrogens is 352 g/mol. The molecule has 2 aliphatic carbocycles. The van der Waals surface area contributed by atoms with Gasteiger partial charge in [0.2, 0.25) is 0 Å². The summed E-state index contributed by atoms with van der Waals surface area (Å²) in [6, 6.07) is 0. The van der Waals surface area contributed by atoms with E-state index in [0.717, 1.165) is 12.8 Å². The van der Waals surface area contributed by atoms with Crippen molar-refractivity contribution in [3.8, 4) is 0 Å². The van der Waals surface area contributed by atoms with Crippen LogP contribution in [0.25, 0.3) is 0 Å². The summed E-state index contributed by atoms with van der Waals surface area (Å²) < 4.78 is 0. The van der Waals surface area contributed by atoms with E-state index >= 15 is 0 Å². The van der Waals surface area contributed by atoms with Crippen molar-refractivity contribution in [3.05, 3.63) is 48.6 Å². The van der Waals surface area contributed by atoms with E-state index in [0.29, 0.717) is 0 Å². The predicted octanol–water partition coefficient (Wildman–Crippen LogP) is 2.61. The SMILES string of the molecule is [C-]1=CC=CC1.[C-]1=CC=CC1.[Th+2]. The van der Waals surface area contributed by atoms with Gasteiger partial charge in [-0.15, -0.1) is 12.8 Å². The fraction of sp³-hybridized carbons (Fsp3) is 0.200. The summed E-state index contributed by atoms with van der Waals surface area (Å²) in [6.45, 7) is 0. The number of hydrogen-bond acceptors (Lipinski definition) is 0. The Morgan fingerprint density at radius 3 is 1.36 bits per heavy atom. The number of rotatable bonds is 0. The second kappa shape index (κ2) is 8.38. The average Bonchev–Trinajstić information content (AvgIpc) is 2.67. The van der Waals surface area contributed by atoms with E-state index in [2.05, 4.69) is 24.3 Å². The molecule has 0 aromatic heterocycles. The van der Waals surface area contributed by atoms with Gasteiger partial charge in [-0.05, 0) is 0 Å². The molecule has 0 saturated heterocycles. The third kappa shape index (κ3) is 6.67. The fourth-order valence-corrected chi connectivity index (χ4v) is 0.680. The normalized spacial score (nSPS) is 16.0. The quantitative estimate of drug-likeness (QED) is 0.582. The van der Waals surface area contributed by atoms with Gasteiger partial charge < -0.3 is 0 Å². The van der Waals surface area contributed by atoms with Gasteiger partial charge in [0.1, 0.15) is 0 Å². The molecule has 2 aliphatic rings. The van der Waals surface area contributed by atoms with Gasteiger partial charge in [-0.25, -0.2) is 24.3 Å². The largest absolute Gasteiger partial charge is 2.00 e. The maximum absolute atomic E-state index is 2.99. The van der Waals surface area contributed by atoms with E-state index in [1.807, 2.05) is 24.3 Å². The average molecular weight is 362 g/mol. The van der Waals surface area contributed by atoms with E-state index in [-0.39, 0.29) is 39.9 Å². The Morgan fingerprint density at radius 1 is 0.818 bits per heavy atom. The van der Waals surface area contributed by atoms with Crippen LogP contribution < -0.4 is 0 Å². The molecule has 11 heavy (non-hydrogen) atoms. The second-order valence-corrected chi connectivity index (χ2v) is 2.01. The first kappa shape index (κ1) is 11.3. The predicted molar refractivity (Wildman–Crippen MR) is 43.1 cm³/mol. The zero-order valence-corrected chi connectivity index (χ0v) is 10.5. The molecule has 0 spiro atoms. The van der Waals surface area contributed by atoms with Gasteiger partial charge in [-0.3, -0.25) is 12.2 Å². The summed E-state index contributed by atoms with van der Waals surface area (Å²) >= 11 is 0. The summed E-state index contributed by atoms with van der Waals surface area (Å²) in [4.78, 5) is 0. The molecule has 0 heterocycles. The van der Waals surface area contributed by atoms with E-state index in [1.54, 1.807) is 0 Å². The Hall–Kier alpha value is 0.285. The molecule has 0 amide bonds. The van der Waals surface area contributed by atoms with Gasteiger partial charge >= 0.3 is 39.9 Å². The Kier molecular flexibility index (Phi) is 8.60. The zero-order valence-electron chi connectivity index (χ0n) is 6.38. The molecule has 0 aliphatic heterocycles. The Morgan fingerprint density at radius 2 is 1.27 bits per heavy atom. The molecule has 0 aromatic rings. The molecule has 1 heteroatoms. The van der Waals surface area contributed by atoms with Gasteiger partial charge in [-0.1, -0.05) is 0 Å². The number of allylic oxidation sites excluding steroid dienone is 8. The molecule has 54 valence electrons. The van der Waals surface area contributed by atoms with Crippen molar-refractivity contribution in [3.63, 3.8) is 0 Å². The van der Waals surface area contributed by atoms with Crippen LogP contribution in [0.1, 0.15) is 12.8 Å². The van der Waals surface area contributed by atoms with Gasteiger partial charge in [0.05, 0.1) is 0 Å². The molecule has 0 aromatic carbocycles. The first-order chi connectivity index (χ1) is 5.00. The third-order valence-corrected chi connectivity index (χ3v) is 1.17. The van der Waals surface area contributed by atoms with E-state index in [4.69, 9.17) is 0 Å². The van der Waals surface area contributed by atoms with Crippen LogP contribution in [0.15, 0.2) is 36.5 Å². The van der Waals surface area contributed by atoms with Crippen molar-refractivity contribution < 1.29 is 39.9 Å². The summed E-state index contributed by atoms with van der Waals surface area (Å²) in [5.41, 5.74) is 0. The van der Waals surface area contributed by atoms with Crippen molar-refractivity contribution in [2.75, 3.05) is 0 Å². The second-order valence-electron chi connectivity index (χ2n) is 2.01. The summed E-state index contributed by atoms with van der Waals surface area (Å²) in [6.07, 6.45) is 20.0. The monoisotopic (exact) mass is 362 g/mol. The molecule has 0 atom stereocenters. The molecule has 0 radical (unpaired) electrons. The van der Waals surface area contributed by atoms with Crippen LogP contribution in [0.4, 0.5) is 0 Å². The summed E-state index contributed by atoms with van der Waals surface area (Å²) in [7, 11) is 0. The van der Waals surface area contributed by atoms with Crippen molar-refractivity contribution in [2.45, 2.75) is 12.8 Å². The molecule has 0 unspecified atom stereocenters. The smallest absolute Gasteiger partial charge is 0.273 e. The topological polar surface area (TPSA) is 0 Å². The maximum Gasteiger partial charge on any atom is 2.00 e. The molecule has 0 saturated carbocycles. The van der Waals surface area contributed by atoms with Gasteiger partial charge in [0, 0.05) is 0 Å². The minimum Gasteiger partial charge on any atom is -0.273 e. The van der Waals surface area contributed by atoms with Crippen LogP contribution in [0.3, 0.4) is 0 Å². The minimum atomic E-state index is 0. The van der Waals surface area contributed by atoms with Gasteiger partial charge in [0.25, 0.3) is 0 Å². The minimum absolute atomic E-state index is 0. The standard InChI is InChI=1S/2C5H5.Th/c2*1-2-4-5-3-1;/h2*1-3H,4H2;/q2*-1;+2. The Bertz CT molecular complexity index is 143.